The van der Waals surface area contributed by atoms with Gasteiger partial charge in [0, 0.05) is 6.20 Å². The lowest BCUT2D eigenvalue weighted by Crippen LogP contribution is -2.17. The standard InChI is InChI=1S/C14H15FN2O2S/c1-2-6-11-7-3-4-9-13(11)17-20(18,19)14-12(15)8-5-10-16-14/h3-5,7-10,17H,2,6H2,1H3. The Hall–Kier alpha value is -1.95. The van der Waals surface area contributed by atoms with Crippen LogP contribution in [-0.2, 0) is 16.4 Å². The Balaban J connectivity index is 2.37. The molecule has 1 aromatic heterocycles. The third-order valence-corrected chi connectivity index (χ3v) is 4.06. The van der Waals surface area contributed by atoms with Crippen LogP contribution < -0.4 is 4.72 Å². The number of nitrogens with one attached hydrogen (secondary N) is 1. The van der Waals surface area contributed by atoms with Crippen LogP contribution in [0.1, 0.15) is 18.9 Å². The van der Waals surface area contributed by atoms with Crippen molar-refractivity contribution in [2.24, 2.45) is 0 Å². The lowest BCUT2D eigenvalue weighted by atomic mass is 10.1. The van der Waals surface area contributed by atoms with Crippen molar-refractivity contribution in [3.63, 3.8) is 0 Å². The predicted molar refractivity (Wildman–Crippen MR) is 75.4 cm³/mol. The van der Waals surface area contributed by atoms with Gasteiger partial charge in [0.15, 0.2) is 5.82 Å². The highest BCUT2D eigenvalue weighted by atomic mass is 32.2. The van der Waals surface area contributed by atoms with E-state index in [0.717, 1.165) is 24.5 Å². The van der Waals surface area contributed by atoms with Gasteiger partial charge in [-0.05, 0) is 30.2 Å². The maximum Gasteiger partial charge on any atom is 0.282 e. The van der Waals surface area contributed by atoms with Crippen LogP contribution in [0.15, 0.2) is 47.6 Å². The van der Waals surface area contributed by atoms with Gasteiger partial charge in [0.2, 0.25) is 5.03 Å². The van der Waals surface area contributed by atoms with E-state index in [1.807, 2.05) is 19.1 Å². The Bertz CT molecular complexity index is 702. The molecule has 106 valence electrons. The molecule has 0 aliphatic heterocycles. The fourth-order valence-electron chi connectivity index (χ4n) is 1.87. The molecule has 0 bridgehead atoms. The van der Waals surface area contributed by atoms with Gasteiger partial charge in [-0.25, -0.2) is 9.37 Å². The number of aryl methyl sites for hydroxylation is 1. The number of para-hydroxylation sites is 1. The fourth-order valence-corrected chi connectivity index (χ4v) is 2.98. The van der Waals surface area contributed by atoms with Gasteiger partial charge in [-0.15, -0.1) is 0 Å². The Labute approximate surface area is 117 Å². The van der Waals surface area contributed by atoms with Crippen molar-refractivity contribution in [3.8, 4) is 0 Å². The summed E-state index contributed by atoms with van der Waals surface area (Å²) in [6.45, 7) is 2.00. The first-order valence-corrected chi connectivity index (χ1v) is 7.74. The van der Waals surface area contributed by atoms with Crippen molar-refractivity contribution in [1.29, 1.82) is 0 Å². The molecule has 1 N–H and O–H groups in total. The van der Waals surface area contributed by atoms with E-state index in [1.165, 1.54) is 12.3 Å². The minimum atomic E-state index is -4.02. The van der Waals surface area contributed by atoms with Crippen LogP contribution in [0.5, 0.6) is 0 Å². The van der Waals surface area contributed by atoms with Crippen molar-refractivity contribution in [2.45, 2.75) is 24.8 Å². The average Bonchev–Trinajstić information content (AvgIpc) is 2.41. The van der Waals surface area contributed by atoms with E-state index < -0.39 is 20.9 Å². The molecule has 1 heterocycles. The smallest absolute Gasteiger partial charge is 0.278 e. The van der Waals surface area contributed by atoms with Gasteiger partial charge in [-0.2, -0.15) is 8.42 Å². The molecule has 0 spiro atoms. The molecular formula is C14H15FN2O2S. The van der Waals surface area contributed by atoms with Gasteiger partial charge in [0.1, 0.15) is 0 Å². The van der Waals surface area contributed by atoms with Gasteiger partial charge >= 0.3 is 0 Å². The zero-order valence-electron chi connectivity index (χ0n) is 11.0. The number of pyridine rings is 1. The van der Waals surface area contributed by atoms with E-state index in [1.54, 1.807) is 12.1 Å². The van der Waals surface area contributed by atoms with Crippen LogP contribution in [-0.4, -0.2) is 13.4 Å². The number of hydrogen-bond donors (Lipinski definition) is 1. The summed E-state index contributed by atoms with van der Waals surface area (Å²) in [7, 11) is -4.02. The third-order valence-electron chi connectivity index (χ3n) is 2.76. The molecule has 20 heavy (non-hydrogen) atoms. The fraction of sp³-hybridized carbons (Fsp3) is 0.214. The van der Waals surface area contributed by atoms with Crippen molar-refractivity contribution in [2.75, 3.05) is 4.72 Å². The molecule has 0 unspecified atom stereocenters. The second-order valence-corrected chi connectivity index (χ2v) is 5.90. The second kappa shape index (κ2) is 6.00. The highest BCUT2D eigenvalue weighted by Gasteiger charge is 2.21. The molecule has 0 amide bonds. The van der Waals surface area contributed by atoms with Crippen LogP contribution in [0.25, 0.3) is 0 Å². The summed E-state index contributed by atoms with van der Waals surface area (Å²) in [5.74, 6) is -0.868. The number of aromatic nitrogens is 1. The lowest BCUT2D eigenvalue weighted by molar-refractivity contribution is 0.556. The Morgan fingerprint density at radius 1 is 1.20 bits per heavy atom. The summed E-state index contributed by atoms with van der Waals surface area (Å²) in [5, 5.41) is -0.591. The number of benzene rings is 1. The van der Waals surface area contributed by atoms with Crippen molar-refractivity contribution in [3.05, 3.63) is 54.0 Å². The van der Waals surface area contributed by atoms with Gasteiger partial charge in [-0.1, -0.05) is 31.5 Å². The maximum absolute atomic E-state index is 13.6. The third kappa shape index (κ3) is 3.14. The number of sulfonamides is 1. The number of rotatable bonds is 5. The normalized spacial score (nSPS) is 11.3. The topological polar surface area (TPSA) is 59.1 Å². The molecule has 4 nitrogen and oxygen atoms in total. The van der Waals surface area contributed by atoms with E-state index in [4.69, 9.17) is 0 Å². The molecule has 0 aliphatic carbocycles. The quantitative estimate of drug-likeness (QED) is 0.922. The zero-order chi connectivity index (χ0) is 14.6. The van der Waals surface area contributed by atoms with Crippen LogP contribution >= 0.6 is 0 Å². The second-order valence-electron chi connectivity index (χ2n) is 4.30. The Morgan fingerprint density at radius 2 is 1.95 bits per heavy atom. The van der Waals surface area contributed by atoms with Gasteiger partial charge in [0.25, 0.3) is 10.0 Å². The van der Waals surface area contributed by atoms with Crippen LogP contribution in [0.2, 0.25) is 0 Å². The van der Waals surface area contributed by atoms with E-state index in [0.29, 0.717) is 5.69 Å². The molecule has 6 heteroatoms. The molecular weight excluding hydrogens is 279 g/mol. The number of nitrogens with zero attached hydrogens (tertiary/aromatic N) is 1. The van der Waals surface area contributed by atoms with Crippen molar-refractivity contribution >= 4 is 15.7 Å². The minimum Gasteiger partial charge on any atom is -0.278 e. The Morgan fingerprint density at radius 3 is 2.65 bits per heavy atom. The minimum absolute atomic E-state index is 0.458. The highest BCUT2D eigenvalue weighted by molar-refractivity contribution is 7.92. The summed E-state index contributed by atoms with van der Waals surface area (Å²) in [4.78, 5) is 3.60. The van der Waals surface area contributed by atoms with Gasteiger partial charge in [0.05, 0.1) is 5.69 Å². The molecule has 2 rings (SSSR count). The molecule has 0 saturated carbocycles. The maximum atomic E-state index is 13.6. The van der Waals surface area contributed by atoms with Crippen LogP contribution in [0.4, 0.5) is 10.1 Å². The van der Waals surface area contributed by atoms with E-state index in [9.17, 15) is 12.8 Å². The molecule has 0 radical (unpaired) electrons. The predicted octanol–water partition coefficient (Wildman–Crippen LogP) is 2.97. The van der Waals surface area contributed by atoms with Crippen molar-refractivity contribution in [1.82, 2.24) is 4.98 Å². The summed E-state index contributed by atoms with van der Waals surface area (Å²) in [6.07, 6.45) is 2.87. The van der Waals surface area contributed by atoms with Crippen molar-refractivity contribution < 1.29 is 12.8 Å². The van der Waals surface area contributed by atoms with E-state index in [2.05, 4.69) is 9.71 Å². The highest BCUT2D eigenvalue weighted by Crippen LogP contribution is 2.21. The summed E-state index contributed by atoms with van der Waals surface area (Å²) >= 11 is 0. The molecule has 0 fully saturated rings. The average molecular weight is 294 g/mol. The summed E-state index contributed by atoms with van der Waals surface area (Å²) in [6, 6.07) is 9.48. The SMILES string of the molecule is CCCc1ccccc1NS(=O)(=O)c1ncccc1F. The van der Waals surface area contributed by atoms with Crippen LogP contribution in [0, 0.1) is 5.82 Å². The number of halogens is 1. The zero-order valence-corrected chi connectivity index (χ0v) is 11.8. The first-order valence-electron chi connectivity index (χ1n) is 6.26. The molecule has 2 aromatic rings. The molecule has 0 saturated heterocycles. The van der Waals surface area contributed by atoms with Gasteiger partial charge < -0.3 is 0 Å². The van der Waals surface area contributed by atoms with Crippen LogP contribution in [0.3, 0.4) is 0 Å². The van der Waals surface area contributed by atoms with Gasteiger partial charge in [-0.3, -0.25) is 4.72 Å². The van der Waals surface area contributed by atoms with E-state index >= 15 is 0 Å². The molecule has 1 aromatic carbocycles. The first-order chi connectivity index (χ1) is 9.54. The lowest BCUT2D eigenvalue weighted by Gasteiger charge is -2.11. The summed E-state index contributed by atoms with van der Waals surface area (Å²) < 4.78 is 40.3. The number of hydrogen-bond acceptors (Lipinski definition) is 3. The Kier molecular flexibility index (Phi) is 4.34. The largest absolute Gasteiger partial charge is 0.282 e. The summed E-state index contributed by atoms with van der Waals surface area (Å²) in [5.41, 5.74) is 1.33. The number of anilines is 1. The molecule has 0 aliphatic rings. The monoisotopic (exact) mass is 294 g/mol. The molecule has 0 atom stereocenters. The van der Waals surface area contributed by atoms with E-state index in [-0.39, 0.29) is 0 Å². The first kappa shape index (κ1) is 14.5.